The molecule has 4 rings (SSSR count). The van der Waals surface area contributed by atoms with E-state index in [2.05, 4.69) is 5.32 Å². The molecule has 2 aromatic carbocycles. The maximum absolute atomic E-state index is 12.4. The van der Waals surface area contributed by atoms with Crippen molar-refractivity contribution in [1.82, 2.24) is 0 Å². The maximum Gasteiger partial charge on any atom is 0.228 e. The van der Waals surface area contributed by atoms with E-state index in [1.807, 2.05) is 36.4 Å². The van der Waals surface area contributed by atoms with Crippen LogP contribution in [0.25, 0.3) is 10.8 Å². The van der Waals surface area contributed by atoms with E-state index in [1.54, 1.807) is 0 Å². The van der Waals surface area contributed by atoms with E-state index >= 15 is 0 Å². The van der Waals surface area contributed by atoms with Crippen LogP contribution in [0.4, 0.5) is 11.4 Å². The zero-order valence-electron chi connectivity index (χ0n) is 11.4. The molecule has 3 nitrogen and oxygen atoms in total. The smallest absolute Gasteiger partial charge is 0.228 e. The predicted molar refractivity (Wildman–Crippen MR) is 81.4 cm³/mol. The molecule has 1 atom stereocenters. The first-order valence-electron chi connectivity index (χ1n) is 7.28. The Morgan fingerprint density at radius 2 is 1.90 bits per heavy atom. The topological polar surface area (TPSA) is 55.1 Å². The normalized spacial score (nSPS) is 22.5. The monoisotopic (exact) mass is 266 g/mol. The Kier molecular flexibility index (Phi) is 2.34. The predicted octanol–water partition coefficient (Wildman–Crippen LogP) is 3.55. The zero-order chi connectivity index (χ0) is 13.7. The molecule has 20 heavy (non-hydrogen) atoms. The van der Waals surface area contributed by atoms with Crippen molar-refractivity contribution in [3.63, 3.8) is 0 Å². The molecule has 0 saturated heterocycles. The summed E-state index contributed by atoms with van der Waals surface area (Å²) in [5.41, 5.74) is 7.98. The summed E-state index contributed by atoms with van der Waals surface area (Å²) < 4.78 is 0. The number of hydrogen-bond acceptors (Lipinski definition) is 2. The zero-order valence-corrected chi connectivity index (χ0v) is 11.4. The summed E-state index contributed by atoms with van der Waals surface area (Å²) >= 11 is 0. The van der Waals surface area contributed by atoms with E-state index in [-0.39, 0.29) is 11.8 Å². The summed E-state index contributed by atoms with van der Waals surface area (Å²) in [6, 6.07) is 11.7. The second-order valence-electron chi connectivity index (χ2n) is 6.21. The minimum absolute atomic E-state index is 0.180. The lowest BCUT2D eigenvalue weighted by Gasteiger charge is -2.26. The van der Waals surface area contributed by atoms with Gasteiger partial charge in [0, 0.05) is 28.1 Å². The van der Waals surface area contributed by atoms with Crippen LogP contribution in [0, 0.1) is 11.3 Å². The number of nitrogen functional groups attached to an aromatic ring is 1. The van der Waals surface area contributed by atoms with Gasteiger partial charge in [0.2, 0.25) is 5.91 Å². The minimum Gasteiger partial charge on any atom is -0.398 e. The van der Waals surface area contributed by atoms with Crippen LogP contribution in [0.3, 0.4) is 0 Å². The quantitative estimate of drug-likeness (QED) is 0.817. The number of benzene rings is 2. The van der Waals surface area contributed by atoms with Crippen LogP contribution < -0.4 is 11.1 Å². The Hall–Kier alpha value is -2.03. The van der Waals surface area contributed by atoms with Gasteiger partial charge in [-0.3, -0.25) is 4.79 Å². The Morgan fingerprint density at radius 1 is 1.15 bits per heavy atom. The first-order valence-corrected chi connectivity index (χ1v) is 7.28. The van der Waals surface area contributed by atoms with Gasteiger partial charge in [-0.25, -0.2) is 0 Å². The lowest BCUT2D eigenvalue weighted by atomic mass is 9.79. The average molecular weight is 266 g/mol. The first kappa shape index (κ1) is 11.8. The van der Waals surface area contributed by atoms with E-state index in [0.717, 1.165) is 28.6 Å². The second-order valence-corrected chi connectivity index (χ2v) is 6.21. The number of hydrogen-bond donors (Lipinski definition) is 2. The van der Waals surface area contributed by atoms with E-state index in [9.17, 15) is 4.79 Å². The van der Waals surface area contributed by atoms with Gasteiger partial charge in [-0.05, 0) is 36.8 Å². The Morgan fingerprint density at radius 3 is 2.60 bits per heavy atom. The molecule has 2 aromatic rings. The largest absolute Gasteiger partial charge is 0.398 e. The van der Waals surface area contributed by atoms with Crippen LogP contribution in [0.2, 0.25) is 0 Å². The molecule has 3 heteroatoms. The number of nitrogens with one attached hydrogen (secondary N) is 1. The fourth-order valence-electron chi connectivity index (χ4n) is 3.57. The third-order valence-electron chi connectivity index (χ3n) is 5.07. The molecule has 102 valence electrons. The SMILES string of the molecule is Nc1cccc2c(NC(=O)C3CC34CCC4)cccc12. The van der Waals surface area contributed by atoms with Crippen LogP contribution in [0.1, 0.15) is 25.7 Å². The van der Waals surface area contributed by atoms with Gasteiger partial charge in [0.15, 0.2) is 0 Å². The molecule has 2 saturated carbocycles. The molecule has 1 amide bonds. The number of fused-ring (bicyclic) bond motifs is 1. The van der Waals surface area contributed by atoms with Gasteiger partial charge >= 0.3 is 0 Å². The van der Waals surface area contributed by atoms with Crippen LogP contribution in [-0.4, -0.2) is 5.91 Å². The van der Waals surface area contributed by atoms with Gasteiger partial charge in [0.25, 0.3) is 0 Å². The van der Waals surface area contributed by atoms with E-state index in [0.29, 0.717) is 5.41 Å². The molecule has 3 N–H and O–H groups in total. The van der Waals surface area contributed by atoms with E-state index in [4.69, 9.17) is 5.73 Å². The molecule has 2 fully saturated rings. The van der Waals surface area contributed by atoms with Gasteiger partial charge < -0.3 is 11.1 Å². The molecule has 2 aliphatic carbocycles. The molecular formula is C17H18N2O. The molecule has 0 radical (unpaired) electrons. The number of carbonyl (C=O) groups is 1. The van der Waals surface area contributed by atoms with Gasteiger partial charge in [-0.1, -0.05) is 30.7 Å². The first-order chi connectivity index (χ1) is 9.70. The maximum atomic E-state index is 12.4. The Labute approximate surface area is 118 Å². The molecule has 1 unspecified atom stereocenters. The molecule has 0 bridgehead atoms. The number of rotatable bonds is 2. The third-order valence-corrected chi connectivity index (χ3v) is 5.07. The van der Waals surface area contributed by atoms with E-state index < -0.39 is 0 Å². The van der Waals surface area contributed by atoms with Crippen molar-refractivity contribution in [2.24, 2.45) is 11.3 Å². The number of nitrogens with two attached hydrogens (primary N) is 1. The second kappa shape index (κ2) is 3.98. The van der Waals surface area contributed by atoms with Crippen molar-refractivity contribution in [2.75, 3.05) is 11.1 Å². The number of amides is 1. The number of carbonyl (C=O) groups excluding carboxylic acids is 1. The Bertz CT molecular complexity index is 703. The fourth-order valence-corrected chi connectivity index (χ4v) is 3.57. The molecule has 1 spiro atoms. The highest BCUT2D eigenvalue weighted by atomic mass is 16.2. The summed E-state index contributed by atoms with van der Waals surface area (Å²) in [4.78, 5) is 12.4. The molecular weight excluding hydrogens is 248 g/mol. The van der Waals surface area contributed by atoms with Gasteiger partial charge in [-0.2, -0.15) is 0 Å². The van der Waals surface area contributed by atoms with Crippen molar-refractivity contribution < 1.29 is 4.79 Å². The van der Waals surface area contributed by atoms with Gasteiger partial charge in [0.1, 0.15) is 0 Å². The van der Waals surface area contributed by atoms with Crippen molar-refractivity contribution >= 4 is 28.1 Å². The van der Waals surface area contributed by atoms with E-state index in [1.165, 1.54) is 19.3 Å². The summed E-state index contributed by atoms with van der Waals surface area (Å²) in [6.45, 7) is 0. The van der Waals surface area contributed by atoms with Crippen LogP contribution in [0.5, 0.6) is 0 Å². The van der Waals surface area contributed by atoms with Crippen LogP contribution >= 0.6 is 0 Å². The highest BCUT2D eigenvalue weighted by Gasteiger charge is 2.60. The highest BCUT2D eigenvalue weighted by Crippen LogP contribution is 2.65. The Balaban J connectivity index is 1.63. The van der Waals surface area contributed by atoms with Crippen molar-refractivity contribution in [3.8, 4) is 0 Å². The fraction of sp³-hybridized carbons (Fsp3) is 0.353. The van der Waals surface area contributed by atoms with Gasteiger partial charge in [-0.15, -0.1) is 0 Å². The highest BCUT2D eigenvalue weighted by molar-refractivity contribution is 6.06. The molecule has 0 aliphatic heterocycles. The molecule has 0 aromatic heterocycles. The number of anilines is 2. The summed E-state index contributed by atoms with van der Waals surface area (Å²) in [5, 5.41) is 5.12. The van der Waals surface area contributed by atoms with Gasteiger partial charge in [0.05, 0.1) is 0 Å². The van der Waals surface area contributed by atoms with Crippen LogP contribution in [0.15, 0.2) is 36.4 Å². The van der Waals surface area contributed by atoms with Crippen molar-refractivity contribution in [1.29, 1.82) is 0 Å². The summed E-state index contributed by atoms with van der Waals surface area (Å²) in [5.74, 6) is 0.409. The lowest BCUT2D eigenvalue weighted by molar-refractivity contribution is -0.118. The third kappa shape index (κ3) is 1.62. The summed E-state index contributed by atoms with van der Waals surface area (Å²) in [7, 11) is 0. The van der Waals surface area contributed by atoms with Crippen LogP contribution in [-0.2, 0) is 4.79 Å². The molecule has 0 heterocycles. The summed E-state index contributed by atoms with van der Waals surface area (Å²) in [6.07, 6.45) is 4.82. The van der Waals surface area contributed by atoms with Crippen molar-refractivity contribution in [2.45, 2.75) is 25.7 Å². The van der Waals surface area contributed by atoms with Crippen molar-refractivity contribution in [3.05, 3.63) is 36.4 Å². The molecule has 2 aliphatic rings. The standard InChI is InChI=1S/C17H18N2O/c18-14-6-1-5-12-11(14)4-2-7-15(12)19-16(20)13-10-17(13)8-3-9-17/h1-2,4-7,13H,3,8-10,18H2,(H,19,20). The minimum atomic E-state index is 0.180. The average Bonchev–Trinajstić information content (AvgIpc) is 3.16. The lowest BCUT2D eigenvalue weighted by Crippen LogP contribution is -2.23.